The zero-order valence-electron chi connectivity index (χ0n) is 20.3. The Kier molecular flexibility index (Phi) is 6.79. The molecule has 0 radical (unpaired) electrons. The quantitative estimate of drug-likeness (QED) is 0.290. The third-order valence-electron chi connectivity index (χ3n) is 6.39. The monoisotopic (exact) mass is 540 g/mol. The fourth-order valence-corrected chi connectivity index (χ4v) is 4.53. The van der Waals surface area contributed by atoms with Gasteiger partial charge >= 0.3 is 6.09 Å². The van der Waals surface area contributed by atoms with Crippen LogP contribution in [-0.2, 0) is 4.74 Å². The van der Waals surface area contributed by atoms with Crippen LogP contribution in [-0.4, -0.2) is 75.1 Å². The smallest absolute Gasteiger partial charge is 0.407 e. The van der Waals surface area contributed by atoms with Crippen LogP contribution in [0.3, 0.4) is 0 Å². The zero-order chi connectivity index (χ0) is 27.0. The number of piperidine rings is 1. The van der Waals surface area contributed by atoms with Gasteiger partial charge in [0.2, 0.25) is 11.9 Å². The summed E-state index contributed by atoms with van der Waals surface area (Å²) >= 11 is 6.78. The van der Waals surface area contributed by atoms with E-state index in [0.29, 0.717) is 35.8 Å². The van der Waals surface area contributed by atoms with Gasteiger partial charge in [0, 0.05) is 24.7 Å². The lowest BCUT2D eigenvalue weighted by Crippen LogP contribution is -2.54. The molecule has 2 atom stereocenters. The lowest BCUT2D eigenvalue weighted by atomic mass is 10.0. The van der Waals surface area contributed by atoms with E-state index in [-0.39, 0.29) is 34.8 Å². The molecule has 1 aliphatic heterocycles. The SMILES string of the molecule is COC(=O)NC1CCN(c2cc(C(N)=O)cc(Nc3nc(NC4CC4)c4ncc(C#N)n4n3)c2Cl)CC1O. The molecule has 1 saturated carbocycles. The van der Waals surface area contributed by atoms with E-state index in [1.165, 1.54) is 23.9 Å². The van der Waals surface area contributed by atoms with Gasteiger partial charge in [-0.3, -0.25) is 4.79 Å². The summed E-state index contributed by atoms with van der Waals surface area (Å²) in [5, 5.41) is 33.7. The molecule has 198 valence electrons. The van der Waals surface area contributed by atoms with Gasteiger partial charge in [-0.2, -0.15) is 14.8 Å². The number of nitrogens with one attached hydrogen (secondary N) is 3. The summed E-state index contributed by atoms with van der Waals surface area (Å²) in [6.07, 6.45) is 2.27. The first-order chi connectivity index (χ1) is 18.3. The molecule has 3 heterocycles. The summed E-state index contributed by atoms with van der Waals surface area (Å²) in [6, 6.07) is 4.84. The molecule has 5 rings (SSSR count). The van der Waals surface area contributed by atoms with Crippen molar-refractivity contribution in [3.8, 4) is 6.07 Å². The number of nitriles is 1. The van der Waals surface area contributed by atoms with Gasteiger partial charge in [-0.25, -0.2) is 9.78 Å². The molecule has 0 bridgehead atoms. The molecular weight excluding hydrogens is 516 g/mol. The third-order valence-corrected chi connectivity index (χ3v) is 6.79. The predicted molar refractivity (Wildman–Crippen MR) is 138 cm³/mol. The number of nitrogens with zero attached hydrogens (tertiary/aromatic N) is 6. The number of fused-ring (bicyclic) bond motifs is 1. The molecule has 1 aliphatic carbocycles. The van der Waals surface area contributed by atoms with Crippen LogP contribution >= 0.6 is 11.6 Å². The summed E-state index contributed by atoms with van der Waals surface area (Å²) in [4.78, 5) is 34.3. The van der Waals surface area contributed by atoms with Gasteiger partial charge in [0.15, 0.2) is 17.2 Å². The van der Waals surface area contributed by atoms with Gasteiger partial charge in [-0.15, -0.1) is 5.10 Å². The summed E-state index contributed by atoms with van der Waals surface area (Å²) < 4.78 is 6.00. The molecule has 14 nitrogen and oxygen atoms in total. The maximum Gasteiger partial charge on any atom is 0.407 e. The summed E-state index contributed by atoms with van der Waals surface area (Å²) in [5.41, 5.74) is 7.17. The molecule has 15 heteroatoms. The standard InChI is InChI=1S/C23H25ClN10O4/c1-38-23(37)30-14-4-5-33(10-17(14)35)16-7-11(19(26)36)6-15(18(16)24)29-22-31-20(28-12-2-3-12)21-27-9-13(8-25)34(21)32-22/h6-7,9,12,14,17,35H,2-5,10H2,1H3,(H2,26,36)(H,30,37)(H2,28,29,31,32). The first-order valence-corrected chi connectivity index (χ1v) is 12.3. The van der Waals surface area contributed by atoms with Gasteiger partial charge in [0.1, 0.15) is 6.07 Å². The van der Waals surface area contributed by atoms with Crippen molar-refractivity contribution < 1.29 is 19.4 Å². The number of imidazole rings is 1. The van der Waals surface area contributed by atoms with Gasteiger partial charge < -0.3 is 36.4 Å². The number of rotatable bonds is 7. The largest absolute Gasteiger partial charge is 0.453 e. The Morgan fingerprint density at radius 3 is 2.76 bits per heavy atom. The van der Waals surface area contributed by atoms with Crippen LogP contribution in [0, 0.1) is 11.3 Å². The Morgan fingerprint density at radius 2 is 2.11 bits per heavy atom. The number of alkyl carbamates (subject to hydrolysis) is 1. The van der Waals surface area contributed by atoms with Crippen molar-refractivity contribution in [3.05, 3.63) is 34.6 Å². The van der Waals surface area contributed by atoms with Crippen LogP contribution in [0.1, 0.15) is 35.3 Å². The van der Waals surface area contributed by atoms with Crippen LogP contribution in [0.4, 0.5) is 27.9 Å². The second-order valence-corrected chi connectivity index (χ2v) is 9.46. The van der Waals surface area contributed by atoms with E-state index in [4.69, 9.17) is 17.3 Å². The lowest BCUT2D eigenvalue weighted by Gasteiger charge is -2.38. The number of aliphatic hydroxyl groups is 1. The average Bonchev–Trinajstić information content (AvgIpc) is 3.62. The number of nitrogens with two attached hydrogens (primary N) is 1. The molecule has 38 heavy (non-hydrogen) atoms. The summed E-state index contributed by atoms with van der Waals surface area (Å²) in [6.45, 7) is 0.556. The molecular formula is C23H25ClN10O4. The number of aromatic nitrogens is 4. The Labute approximate surface area is 221 Å². The maximum absolute atomic E-state index is 12.2. The summed E-state index contributed by atoms with van der Waals surface area (Å²) in [7, 11) is 1.25. The highest BCUT2D eigenvalue weighted by Crippen LogP contribution is 2.37. The number of hydrogen-bond donors (Lipinski definition) is 5. The number of primary amides is 1. The van der Waals surface area contributed by atoms with E-state index in [1.807, 2.05) is 0 Å². The van der Waals surface area contributed by atoms with Crippen LogP contribution in [0.2, 0.25) is 5.02 Å². The van der Waals surface area contributed by atoms with Crippen molar-refractivity contribution in [3.63, 3.8) is 0 Å². The Balaban J connectivity index is 1.48. The minimum absolute atomic E-state index is 0.116. The number of carbonyl (C=O) groups is 2. The Hall–Kier alpha value is -4.35. The van der Waals surface area contributed by atoms with E-state index in [9.17, 15) is 20.0 Å². The fraction of sp³-hybridized carbons (Fsp3) is 0.391. The van der Waals surface area contributed by atoms with Crippen molar-refractivity contribution >= 4 is 52.4 Å². The highest BCUT2D eigenvalue weighted by Gasteiger charge is 2.31. The highest BCUT2D eigenvalue weighted by atomic mass is 35.5. The number of hydrogen-bond acceptors (Lipinski definition) is 11. The number of methoxy groups -OCH3 is 1. The van der Waals surface area contributed by atoms with Crippen LogP contribution in [0.15, 0.2) is 18.3 Å². The molecule has 2 fully saturated rings. The van der Waals surface area contributed by atoms with Gasteiger partial charge in [-0.1, -0.05) is 11.6 Å². The number of β-amino-alcohol motifs (C(OH)–C–C–N with tert-alkyl or cyclic N) is 1. The number of halogens is 1. The van der Waals surface area contributed by atoms with Crippen molar-refractivity contribution in [1.29, 1.82) is 5.26 Å². The first kappa shape index (κ1) is 25.3. The van der Waals surface area contributed by atoms with Crippen LogP contribution in [0.25, 0.3) is 5.65 Å². The van der Waals surface area contributed by atoms with E-state index in [2.05, 4.69) is 41.8 Å². The average molecular weight is 541 g/mol. The Morgan fingerprint density at radius 1 is 1.32 bits per heavy atom. The van der Waals surface area contributed by atoms with Crippen molar-refractivity contribution in [2.45, 2.75) is 37.5 Å². The van der Waals surface area contributed by atoms with Gasteiger partial charge in [0.25, 0.3) is 0 Å². The Bertz CT molecular complexity index is 1450. The number of benzene rings is 1. The normalized spacial score (nSPS) is 19.1. The molecule has 2 unspecified atom stereocenters. The molecule has 2 amide bonds. The number of ether oxygens (including phenoxy) is 1. The number of amides is 2. The van der Waals surface area contributed by atoms with E-state index in [1.54, 1.807) is 11.0 Å². The van der Waals surface area contributed by atoms with Gasteiger partial charge in [-0.05, 0) is 31.4 Å². The summed E-state index contributed by atoms with van der Waals surface area (Å²) in [5.74, 6) is -0.106. The van der Waals surface area contributed by atoms with E-state index >= 15 is 0 Å². The third kappa shape index (κ3) is 5.06. The fourth-order valence-electron chi connectivity index (χ4n) is 4.25. The van der Waals surface area contributed by atoms with Gasteiger partial charge in [0.05, 0.1) is 41.8 Å². The predicted octanol–water partition coefficient (Wildman–Crippen LogP) is 1.36. The number of anilines is 4. The molecule has 2 aromatic heterocycles. The molecule has 1 saturated heterocycles. The highest BCUT2D eigenvalue weighted by molar-refractivity contribution is 6.36. The second kappa shape index (κ2) is 10.2. The second-order valence-electron chi connectivity index (χ2n) is 9.08. The minimum atomic E-state index is -0.917. The molecule has 2 aliphatic rings. The minimum Gasteiger partial charge on any atom is -0.453 e. The zero-order valence-corrected chi connectivity index (χ0v) is 21.1. The first-order valence-electron chi connectivity index (χ1n) is 11.9. The number of aliphatic hydroxyl groups excluding tert-OH is 1. The molecule has 1 aromatic carbocycles. The van der Waals surface area contributed by atoms with Crippen molar-refractivity contribution in [2.24, 2.45) is 5.73 Å². The van der Waals surface area contributed by atoms with Crippen LogP contribution < -0.4 is 26.6 Å². The maximum atomic E-state index is 12.2. The molecule has 0 spiro atoms. The number of carbonyl (C=O) groups excluding carboxylic acids is 2. The van der Waals surface area contributed by atoms with E-state index < -0.39 is 24.1 Å². The van der Waals surface area contributed by atoms with Crippen LogP contribution in [0.5, 0.6) is 0 Å². The lowest BCUT2D eigenvalue weighted by molar-refractivity contribution is 0.0999. The topological polar surface area (TPSA) is 196 Å². The molecule has 6 N–H and O–H groups in total. The van der Waals surface area contributed by atoms with E-state index in [0.717, 1.165) is 12.8 Å². The van der Waals surface area contributed by atoms with Crippen molar-refractivity contribution in [2.75, 3.05) is 35.7 Å². The molecule has 3 aromatic rings. The van der Waals surface area contributed by atoms with Crippen molar-refractivity contribution in [1.82, 2.24) is 24.9 Å².